The molecule has 4 rings (SSSR count). The van der Waals surface area contributed by atoms with Gasteiger partial charge in [-0.1, -0.05) is 12.1 Å². The number of benzene rings is 1. The molecule has 3 aromatic rings. The van der Waals surface area contributed by atoms with E-state index in [1.165, 1.54) is 6.92 Å². The molecular formula is C16H15N3O4. The van der Waals surface area contributed by atoms with Gasteiger partial charge in [0.25, 0.3) is 0 Å². The Kier molecular flexibility index (Phi) is 2.56. The maximum Gasteiger partial charge on any atom is 0.349 e. The molecule has 1 aromatic carbocycles. The number of rotatable bonds is 0. The van der Waals surface area contributed by atoms with Crippen LogP contribution in [-0.4, -0.2) is 16.0 Å². The van der Waals surface area contributed by atoms with Crippen LogP contribution in [0.3, 0.4) is 0 Å². The fourth-order valence-electron chi connectivity index (χ4n) is 2.98. The van der Waals surface area contributed by atoms with Crippen molar-refractivity contribution in [3.05, 3.63) is 39.9 Å². The van der Waals surface area contributed by atoms with Crippen molar-refractivity contribution in [1.82, 2.24) is 5.01 Å². The number of nitrogens with zero attached hydrogens (tertiary/aromatic N) is 2. The molecule has 118 valence electrons. The molecule has 2 aromatic heterocycles. The molecule has 0 fully saturated rings. The number of amidine groups is 1. The monoisotopic (exact) mass is 313 g/mol. The van der Waals surface area contributed by atoms with E-state index >= 15 is 0 Å². The third-order valence-corrected chi connectivity index (χ3v) is 4.26. The molecule has 0 amide bonds. The maximum absolute atomic E-state index is 12.5. The summed E-state index contributed by atoms with van der Waals surface area (Å²) in [7, 11) is 0. The van der Waals surface area contributed by atoms with Crippen molar-refractivity contribution in [2.45, 2.75) is 26.5 Å². The summed E-state index contributed by atoms with van der Waals surface area (Å²) in [5.74, 6) is 6.35. The van der Waals surface area contributed by atoms with Crippen molar-refractivity contribution < 1.29 is 13.9 Å². The first kappa shape index (κ1) is 14.0. The lowest BCUT2D eigenvalue weighted by molar-refractivity contribution is -0.0782. The minimum atomic E-state index is -1.61. The lowest BCUT2D eigenvalue weighted by Gasteiger charge is -2.35. The van der Waals surface area contributed by atoms with Gasteiger partial charge in [0.1, 0.15) is 22.5 Å². The van der Waals surface area contributed by atoms with Crippen LogP contribution in [0.2, 0.25) is 0 Å². The van der Waals surface area contributed by atoms with E-state index in [0.29, 0.717) is 22.4 Å². The highest BCUT2D eigenvalue weighted by Gasteiger charge is 2.42. The topological polar surface area (TPSA) is 105 Å². The predicted octanol–water partition coefficient (Wildman–Crippen LogP) is 2.25. The van der Waals surface area contributed by atoms with Crippen LogP contribution < -0.4 is 11.5 Å². The Balaban J connectivity index is 2.25. The van der Waals surface area contributed by atoms with Gasteiger partial charge in [0.15, 0.2) is 11.3 Å². The van der Waals surface area contributed by atoms with Crippen LogP contribution >= 0.6 is 0 Å². The van der Waals surface area contributed by atoms with Gasteiger partial charge in [-0.15, -0.1) is 0 Å². The van der Waals surface area contributed by atoms with Crippen LogP contribution in [0.15, 0.2) is 36.8 Å². The van der Waals surface area contributed by atoms with E-state index in [1.807, 2.05) is 19.1 Å². The van der Waals surface area contributed by atoms with Crippen LogP contribution in [-0.2, 0) is 5.72 Å². The van der Waals surface area contributed by atoms with Crippen molar-refractivity contribution in [2.24, 2.45) is 10.8 Å². The molecular weight excluding hydrogens is 298 g/mol. The fraction of sp³-hybridized carbons (Fsp3) is 0.250. The second-order valence-electron chi connectivity index (χ2n) is 5.87. The zero-order valence-corrected chi connectivity index (χ0v) is 12.9. The summed E-state index contributed by atoms with van der Waals surface area (Å²) < 4.78 is 11.3. The van der Waals surface area contributed by atoms with E-state index in [0.717, 1.165) is 10.6 Å². The molecule has 7 nitrogen and oxygen atoms in total. The maximum atomic E-state index is 12.5. The van der Waals surface area contributed by atoms with E-state index < -0.39 is 11.4 Å². The van der Waals surface area contributed by atoms with Gasteiger partial charge in [0, 0.05) is 0 Å². The summed E-state index contributed by atoms with van der Waals surface area (Å²) in [4.78, 5) is 16.8. The van der Waals surface area contributed by atoms with Crippen molar-refractivity contribution in [3.63, 3.8) is 0 Å². The number of aryl methyl sites for hydroxylation is 1. The molecule has 23 heavy (non-hydrogen) atoms. The third kappa shape index (κ3) is 1.66. The zero-order chi connectivity index (χ0) is 16.5. The number of para-hydroxylation sites is 1. The van der Waals surface area contributed by atoms with Crippen molar-refractivity contribution in [1.29, 1.82) is 0 Å². The number of hydrogen-bond donors (Lipinski definition) is 2. The SMILES string of the molecule is CC1=Nc2c(oc3c2c(=O)oc2c(C)cccc23)C(C)(O)N1N. The lowest BCUT2D eigenvalue weighted by atomic mass is 10.1. The number of nitrogens with two attached hydrogens (primary N) is 1. The molecule has 1 atom stereocenters. The minimum absolute atomic E-state index is 0.127. The van der Waals surface area contributed by atoms with Gasteiger partial charge in [0.2, 0.25) is 5.72 Å². The first-order valence-electron chi connectivity index (χ1n) is 7.14. The standard InChI is InChI=1S/C16H15N3O4/c1-7-5-4-6-9-12(7)23-15(20)10-11-14(22-13(9)10)16(3,21)19(17)8(2)18-11/h4-6,21H,17H2,1-3H3. The molecule has 0 saturated carbocycles. The second-order valence-corrected chi connectivity index (χ2v) is 5.87. The van der Waals surface area contributed by atoms with Crippen LogP contribution in [0.5, 0.6) is 0 Å². The number of fused-ring (bicyclic) bond motifs is 5. The molecule has 7 heteroatoms. The van der Waals surface area contributed by atoms with Gasteiger partial charge in [-0.2, -0.15) is 0 Å². The van der Waals surface area contributed by atoms with Gasteiger partial charge in [0.05, 0.1) is 5.39 Å². The molecule has 3 N–H and O–H groups in total. The molecule has 0 spiro atoms. The largest absolute Gasteiger partial charge is 0.452 e. The minimum Gasteiger partial charge on any atom is -0.452 e. The first-order valence-corrected chi connectivity index (χ1v) is 7.14. The van der Waals surface area contributed by atoms with Gasteiger partial charge >= 0.3 is 5.63 Å². The Morgan fingerprint density at radius 2 is 2.00 bits per heavy atom. The number of aliphatic hydroxyl groups is 1. The van der Waals surface area contributed by atoms with Gasteiger partial charge in [-0.05, 0) is 32.4 Å². The van der Waals surface area contributed by atoms with Gasteiger partial charge in [-0.25, -0.2) is 15.6 Å². The van der Waals surface area contributed by atoms with Gasteiger partial charge in [-0.3, -0.25) is 5.01 Å². The second kappa shape index (κ2) is 4.21. The summed E-state index contributed by atoms with van der Waals surface area (Å²) in [6.07, 6.45) is 0. The summed E-state index contributed by atoms with van der Waals surface area (Å²) in [6.45, 7) is 4.98. The lowest BCUT2D eigenvalue weighted by Crippen LogP contribution is -2.52. The smallest absolute Gasteiger partial charge is 0.349 e. The number of hydrazine groups is 1. The Morgan fingerprint density at radius 1 is 1.26 bits per heavy atom. The first-order chi connectivity index (χ1) is 10.8. The number of aliphatic imine (C=N–C) groups is 1. The van der Waals surface area contributed by atoms with Crippen molar-refractivity contribution >= 4 is 33.5 Å². The fourth-order valence-corrected chi connectivity index (χ4v) is 2.98. The molecule has 0 radical (unpaired) electrons. The molecule has 0 aliphatic carbocycles. The zero-order valence-electron chi connectivity index (χ0n) is 12.9. The van der Waals surface area contributed by atoms with E-state index in [2.05, 4.69) is 4.99 Å². The highest BCUT2D eigenvalue weighted by Crippen LogP contribution is 2.44. The molecule has 0 bridgehead atoms. The van der Waals surface area contributed by atoms with Crippen molar-refractivity contribution in [2.75, 3.05) is 0 Å². The highest BCUT2D eigenvalue weighted by molar-refractivity contribution is 6.07. The molecule has 3 heterocycles. The van der Waals surface area contributed by atoms with E-state index in [1.54, 1.807) is 13.0 Å². The molecule has 1 aliphatic heterocycles. The third-order valence-electron chi connectivity index (χ3n) is 4.26. The molecule has 0 saturated heterocycles. The Hall–Kier alpha value is -2.64. The van der Waals surface area contributed by atoms with Gasteiger partial charge < -0.3 is 13.9 Å². The Bertz CT molecular complexity index is 1060. The summed E-state index contributed by atoms with van der Waals surface area (Å²) in [6, 6.07) is 5.49. The summed E-state index contributed by atoms with van der Waals surface area (Å²) in [5.41, 5.74) is -0.269. The van der Waals surface area contributed by atoms with Crippen LogP contribution in [0.25, 0.3) is 21.9 Å². The van der Waals surface area contributed by atoms with E-state index in [4.69, 9.17) is 14.7 Å². The number of furan rings is 1. The summed E-state index contributed by atoms with van der Waals surface area (Å²) in [5, 5.41) is 12.6. The summed E-state index contributed by atoms with van der Waals surface area (Å²) >= 11 is 0. The Morgan fingerprint density at radius 3 is 2.74 bits per heavy atom. The number of hydrogen-bond acceptors (Lipinski definition) is 7. The average Bonchev–Trinajstić information content (AvgIpc) is 2.88. The molecule has 1 aliphatic rings. The van der Waals surface area contributed by atoms with Crippen molar-refractivity contribution in [3.8, 4) is 0 Å². The van der Waals surface area contributed by atoms with E-state index in [9.17, 15) is 9.90 Å². The average molecular weight is 313 g/mol. The Labute approximate surface area is 130 Å². The van der Waals surface area contributed by atoms with Crippen LogP contribution in [0, 0.1) is 6.92 Å². The van der Waals surface area contributed by atoms with Crippen LogP contribution in [0.1, 0.15) is 25.2 Å². The quantitative estimate of drug-likeness (QED) is 0.487. The predicted molar refractivity (Wildman–Crippen MR) is 85.4 cm³/mol. The molecule has 1 unspecified atom stereocenters. The highest BCUT2D eigenvalue weighted by atomic mass is 16.4. The van der Waals surface area contributed by atoms with Crippen LogP contribution in [0.4, 0.5) is 5.69 Å². The van der Waals surface area contributed by atoms with E-state index in [-0.39, 0.29) is 16.8 Å². The normalized spacial score (nSPS) is 20.9.